The van der Waals surface area contributed by atoms with E-state index in [9.17, 15) is 5.11 Å². The van der Waals surface area contributed by atoms with Crippen LogP contribution in [0.3, 0.4) is 0 Å². The van der Waals surface area contributed by atoms with Gasteiger partial charge in [-0.1, -0.05) is 31.2 Å². The minimum absolute atomic E-state index is 0.653. The lowest BCUT2D eigenvalue weighted by molar-refractivity contribution is 0.215. The molecule has 0 radical (unpaired) electrons. The SMILES string of the molecule is CCCn1cc(C(O)c2ccc3ccccc3n2)cn1. The van der Waals surface area contributed by atoms with Crippen LogP contribution >= 0.6 is 0 Å². The van der Waals surface area contributed by atoms with Crippen molar-refractivity contribution in [2.45, 2.75) is 26.0 Å². The maximum atomic E-state index is 10.4. The summed E-state index contributed by atoms with van der Waals surface area (Å²) in [6, 6.07) is 11.7. The van der Waals surface area contributed by atoms with E-state index in [1.165, 1.54) is 0 Å². The Bertz CT molecular complexity index is 720. The van der Waals surface area contributed by atoms with E-state index in [4.69, 9.17) is 0 Å². The third-order valence-electron chi connectivity index (χ3n) is 3.32. The standard InChI is InChI=1S/C16H17N3O/c1-2-9-19-11-13(10-17-19)16(20)15-8-7-12-5-3-4-6-14(12)18-15/h3-8,10-11,16,20H,2,9H2,1H3. The molecule has 0 fully saturated rings. The molecule has 0 spiro atoms. The van der Waals surface area contributed by atoms with Crippen molar-refractivity contribution in [1.29, 1.82) is 0 Å². The molecule has 0 aliphatic rings. The van der Waals surface area contributed by atoms with Gasteiger partial charge < -0.3 is 5.11 Å². The predicted octanol–water partition coefficient (Wildman–Crippen LogP) is 2.92. The molecule has 1 unspecified atom stereocenters. The second-order valence-corrected chi connectivity index (χ2v) is 4.87. The monoisotopic (exact) mass is 267 g/mol. The molecule has 20 heavy (non-hydrogen) atoms. The molecule has 3 rings (SSSR count). The summed E-state index contributed by atoms with van der Waals surface area (Å²) in [5.74, 6) is 0. The Kier molecular flexibility index (Phi) is 3.48. The van der Waals surface area contributed by atoms with Crippen LogP contribution in [0.5, 0.6) is 0 Å². The maximum Gasteiger partial charge on any atom is 0.124 e. The van der Waals surface area contributed by atoms with Crippen LogP contribution in [0.1, 0.15) is 30.7 Å². The number of aromatic nitrogens is 3. The number of fused-ring (bicyclic) bond motifs is 1. The van der Waals surface area contributed by atoms with Crippen molar-refractivity contribution in [3.05, 3.63) is 60.0 Å². The van der Waals surface area contributed by atoms with Crippen LogP contribution < -0.4 is 0 Å². The minimum atomic E-state index is -0.731. The molecule has 1 aromatic carbocycles. The Morgan fingerprint density at radius 2 is 2.05 bits per heavy atom. The molecule has 0 amide bonds. The maximum absolute atomic E-state index is 10.4. The molecular formula is C16H17N3O. The average molecular weight is 267 g/mol. The number of hydrogen-bond acceptors (Lipinski definition) is 3. The number of para-hydroxylation sites is 1. The van der Waals surface area contributed by atoms with Gasteiger partial charge in [-0.2, -0.15) is 5.10 Å². The van der Waals surface area contributed by atoms with Crippen LogP contribution in [0.15, 0.2) is 48.8 Å². The lowest BCUT2D eigenvalue weighted by Crippen LogP contribution is -2.02. The molecule has 0 aliphatic heterocycles. The molecular weight excluding hydrogens is 250 g/mol. The Morgan fingerprint density at radius 3 is 2.90 bits per heavy atom. The fourth-order valence-electron chi connectivity index (χ4n) is 2.28. The quantitative estimate of drug-likeness (QED) is 0.790. The molecule has 2 aromatic heterocycles. The smallest absolute Gasteiger partial charge is 0.124 e. The second-order valence-electron chi connectivity index (χ2n) is 4.87. The summed E-state index contributed by atoms with van der Waals surface area (Å²) in [4.78, 5) is 4.52. The molecule has 3 aromatic rings. The zero-order chi connectivity index (χ0) is 13.9. The van der Waals surface area contributed by atoms with Gasteiger partial charge in [0.25, 0.3) is 0 Å². The van der Waals surface area contributed by atoms with Gasteiger partial charge in [0.05, 0.1) is 17.4 Å². The van der Waals surface area contributed by atoms with Crippen molar-refractivity contribution in [3.63, 3.8) is 0 Å². The van der Waals surface area contributed by atoms with Crippen molar-refractivity contribution < 1.29 is 5.11 Å². The van der Waals surface area contributed by atoms with E-state index in [0.717, 1.165) is 29.4 Å². The highest BCUT2D eigenvalue weighted by Gasteiger charge is 2.14. The van der Waals surface area contributed by atoms with Gasteiger partial charge in [-0.3, -0.25) is 4.68 Å². The average Bonchev–Trinajstić information content (AvgIpc) is 2.95. The fourth-order valence-corrected chi connectivity index (χ4v) is 2.28. The van der Waals surface area contributed by atoms with Gasteiger partial charge in [-0.15, -0.1) is 0 Å². The van der Waals surface area contributed by atoms with Gasteiger partial charge in [0.15, 0.2) is 0 Å². The largest absolute Gasteiger partial charge is 0.382 e. The molecule has 0 aliphatic carbocycles. The van der Waals surface area contributed by atoms with Gasteiger partial charge in [0.1, 0.15) is 6.10 Å². The van der Waals surface area contributed by atoms with Gasteiger partial charge in [0.2, 0.25) is 0 Å². The highest BCUT2D eigenvalue weighted by molar-refractivity contribution is 5.78. The van der Waals surface area contributed by atoms with Crippen molar-refractivity contribution in [3.8, 4) is 0 Å². The summed E-state index contributed by atoms with van der Waals surface area (Å²) >= 11 is 0. The third kappa shape index (κ3) is 2.42. The zero-order valence-electron chi connectivity index (χ0n) is 11.4. The Morgan fingerprint density at radius 1 is 1.20 bits per heavy atom. The summed E-state index contributed by atoms with van der Waals surface area (Å²) in [6.07, 6.45) is 3.87. The number of pyridine rings is 1. The first-order chi connectivity index (χ1) is 9.78. The van der Waals surface area contributed by atoms with E-state index >= 15 is 0 Å². The summed E-state index contributed by atoms with van der Waals surface area (Å²) in [6.45, 7) is 2.96. The van der Waals surface area contributed by atoms with Crippen molar-refractivity contribution >= 4 is 10.9 Å². The topological polar surface area (TPSA) is 50.9 Å². The van der Waals surface area contributed by atoms with E-state index < -0.39 is 6.10 Å². The van der Waals surface area contributed by atoms with Gasteiger partial charge in [-0.05, 0) is 18.6 Å². The number of benzene rings is 1. The molecule has 4 nitrogen and oxygen atoms in total. The fraction of sp³-hybridized carbons (Fsp3) is 0.250. The lowest BCUT2D eigenvalue weighted by Gasteiger charge is -2.08. The van der Waals surface area contributed by atoms with Gasteiger partial charge in [-0.25, -0.2) is 4.98 Å². The molecule has 4 heteroatoms. The van der Waals surface area contributed by atoms with Crippen LogP contribution in [0, 0.1) is 0 Å². The third-order valence-corrected chi connectivity index (χ3v) is 3.32. The Labute approximate surface area is 117 Å². The van der Waals surface area contributed by atoms with Crippen molar-refractivity contribution in [2.75, 3.05) is 0 Å². The van der Waals surface area contributed by atoms with E-state index in [-0.39, 0.29) is 0 Å². The first-order valence-electron chi connectivity index (χ1n) is 6.84. The number of aliphatic hydroxyl groups is 1. The van der Waals surface area contributed by atoms with Crippen LogP contribution in [0.2, 0.25) is 0 Å². The van der Waals surface area contributed by atoms with E-state index in [1.807, 2.05) is 47.3 Å². The number of nitrogens with zero attached hydrogens (tertiary/aromatic N) is 3. The number of aliphatic hydroxyl groups excluding tert-OH is 1. The minimum Gasteiger partial charge on any atom is -0.382 e. The molecule has 1 N–H and O–H groups in total. The summed E-state index contributed by atoms with van der Waals surface area (Å²) in [5.41, 5.74) is 2.32. The highest BCUT2D eigenvalue weighted by Crippen LogP contribution is 2.22. The number of rotatable bonds is 4. The van der Waals surface area contributed by atoms with Crippen LogP contribution in [-0.4, -0.2) is 19.9 Å². The van der Waals surface area contributed by atoms with E-state index in [0.29, 0.717) is 5.69 Å². The highest BCUT2D eigenvalue weighted by atomic mass is 16.3. The molecule has 0 bridgehead atoms. The first-order valence-corrected chi connectivity index (χ1v) is 6.84. The number of aryl methyl sites for hydroxylation is 1. The summed E-state index contributed by atoms with van der Waals surface area (Å²) in [7, 11) is 0. The van der Waals surface area contributed by atoms with E-state index in [2.05, 4.69) is 17.0 Å². The van der Waals surface area contributed by atoms with Crippen molar-refractivity contribution in [2.24, 2.45) is 0 Å². The van der Waals surface area contributed by atoms with Crippen molar-refractivity contribution in [1.82, 2.24) is 14.8 Å². The Hall–Kier alpha value is -2.20. The van der Waals surface area contributed by atoms with Crippen LogP contribution in [0.4, 0.5) is 0 Å². The van der Waals surface area contributed by atoms with Crippen LogP contribution in [0.25, 0.3) is 10.9 Å². The second kappa shape index (κ2) is 5.43. The first kappa shape index (κ1) is 12.8. The molecule has 2 heterocycles. The molecule has 0 saturated heterocycles. The summed E-state index contributed by atoms with van der Waals surface area (Å²) in [5, 5.41) is 15.7. The van der Waals surface area contributed by atoms with Crippen LogP contribution in [-0.2, 0) is 6.54 Å². The molecule has 1 atom stereocenters. The molecule has 102 valence electrons. The number of hydrogen-bond donors (Lipinski definition) is 1. The molecule has 0 saturated carbocycles. The van der Waals surface area contributed by atoms with Gasteiger partial charge >= 0.3 is 0 Å². The predicted molar refractivity (Wildman–Crippen MR) is 78.3 cm³/mol. The lowest BCUT2D eigenvalue weighted by atomic mass is 10.1. The summed E-state index contributed by atoms with van der Waals surface area (Å²) < 4.78 is 1.85. The van der Waals surface area contributed by atoms with Gasteiger partial charge in [0, 0.05) is 23.7 Å². The van der Waals surface area contributed by atoms with E-state index in [1.54, 1.807) is 6.20 Å². The zero-order valence-corrected chi connectivity index (χ0v) is 11.4. The Balaban J connectivity index is 1.92. The normalized spacial score (nSPS) is 12.7.